The first-order valence-electron chi connectivity index (χ1n) is 6.48. The van der Waals surface area contributed by atoms with Crippen LogP contribution in [0.5, 0.6) is 0 Å². The molecule has 0 aromatic heterocycles. The lowest BCUT2D eigenvalue weighted by molar-refractivity contribution is -0.118. The maximum absolute atomic E-state index is 12.0. The van der Waals surface area contributed by atoms with Crippen LogP contribution in [0.3, 0.4) is 0 Å². The molecule has 0 aliphatic rings. The molecule has 102 valence electrons. The van der Waals surface area contributed by atoms with Gasteiger partial charge in [0.2, 0.25) is 5.91 Å². The first-order valence-corrected chi connectivity index (χ1v) is 6.48. The molecule has 1 unspecified atom stereocenters. The lowest BCUT2D eigenvalue weighted by Gasteiger charge is -2.17. The molecular formula is C15H21N3O. The molecule has 19 heavy (non-hydrogen) atoms. The standard InChI is InChI=1S/C15H21N3O/c1-5-6-12(10-16)15(19)17-13-8-7-11(2)14(9-13)18(3)4/h7-9,12H,5-6H2,1-4H3,(H,17,19). The largest absolute Gasteiger partial charge is 0.377 e. The predicted octanol–water partition coefficient (Wildman–Crippen LogP) is 2.94. The van der Waals surface area contributed by atoms with E-state index < -0.39 is 5.92 Å². The molecule has 0 fully saturated rings. The summed E-state index contributed by atoms with van der Waals surface area (Å²) in [6.07, 6.45) is 1.41. The van der Waals surface area contributed by atoms with E-state index in [4.69, 9.17) is 5.26 Å². The zero-order chi connectivity index (χ0) is 14.4. The van der Waals surface area contributed by atoms with E-state index in [1.54, 1.807) is 0 Å². The summed E-state index contributed by atoms with van der Waals surface area (Å²) in [5.41, 5.74) is 2.94. The van der Waals surface area contributed by atoms with E-state index in [2.05, 4.69) is 5.32 Å². The highest BCUT2D eigenvalue weighted by Gasteiger charge is 2.17. The van der Waals surface area contributed by atoms with Gasteiger partial charge >= 0.3 is 0 Å². The summed E-state index contributed by atoms with van der Waals surface area (Å²) in [6.45, 7) is 3.99. The molecule has 4 heteroatoms. The van der Waals surface area contributed by atoms with E-state index in [1.807, 2.05) is 57.1 Å². The smallest absolute Gasteiger partial charge is 0.241 e. The van der Waals surface area contributed by atoms with E-state index in [1.165, 1.54) is 0 Å². The van der Waals surface area contributed by atoms with Gasteiger partial charge in [0.25, 0.3) is 0 Å². The van der Waals surface area contributed by atoms with Crippen LogP contribution >= 0.6 is 0 Å². The number of amides is 1. The SMILES string of the molecule is CCCC(C#N)C(=O)Nc1ccc(C)c(N(C)C)c1. The number of nitriles is 1. The van der Waals surface area contributed by atoms with Crippen LogP contribution in [0.25, 0.3) is 0 Å². The van der Waals surface area contributed by atoms with Crippen molar-refractivity contribution in [1.82, 2.24) is 0 Å². The predicted molar refractivity (Wildman–Crippen MR) is 78.1 cm³/mol. The molecule has 1 atom stereocenters. The normalized spacial score (nSPS) is 11.5. The van der Waals surface area contributed by atoms with Gasteiger partial charge in [-0.05, 0) is 31.0 Å². The molecule has 0 aliphatic carbocycles. The molecule has 1 aromatic carbocycles. The molecular weight excluding hydrogens is 238 g/mol. The molecule has 1 N–H and O–H groups in total. The average Bonchev–Trinajstić information content (AvgIpc) is 2.37. The Morgan fingerprint density at radius 1 is 1.47 bits per heavy atom. The quantitative estimate of drug-likeness (QED) is 0.884. The van der Waals surface area contributed by atoms with E-state index >= 15 is 0 Å². The van der Waals surface area contributed by atoms with Gasteiger partial charge in [0.1, 0.15) is 5.92 Å². The molecule has 0 heterocycles. The number of nitrogens with one attached hydrogen (secondary N) is 1. The lowest BCUT2D eigenvalue weighted by atomic mass is 10.0. The molecule has 1 amide bonds. The molecule has 0 bridgehead atoms. The minimum absolute atomic E-state index is 0.224. The van der Waals surface area contributed by atoms with Gasteiger partial charge in [-0.1, -0.05) is 19.4 Å². The number of aryl methyl sites for hydroxylation is 1. The van der Waals surface area contributed by atoms with Crippen LogP contribution in [0, 0.1) is 24.2 Å². The third-order valence-corrected chi connectivity index (χ3v) is 3.01. The van der Waals surface area contributed by atoms with E-state index in [0.717, 1.165) is 23.4 Å². The number of benzene rings is 1. The topological polar surface area (TPSA) is 56.1 Å². The van der Waals surface area contributed by atoms with Crippen LogP contribution in [0.2, 0.25) is 0 Å². The van der Waals surface area contributed by atoms with Gasteiger partial charge in [-0.2, -0.15) is 5.26 Å². The van der Waals surface area contributed by atoms with Crippen molar-refractivity contribution >= 4 is 17.3 Å². The number of anilines is 2. The number of nitrogens with zero attached hydrogens (tertiary/aromatic N) is 2. The van der Waals surface area contributed by atoms with Crippen LogP contribution in [-0.2, 0) is 4.79 Å². The van der Waals surface area contributed by atoms with Gasteiger partial charge in [-0.3, -0.25) is 4.79 Å². The number of carbonyl (C=O) groups excluding carboxylic acids is 1. The van der Waals surface area contributed by atoms with E-state index in [-0.39, 0.29) is 5.91 Å². The first kappa shape index (κ1) is 15.0. The lowest BCUT2D eigenvalue weighted by Crippen LogP contribution is -2.21. The Balaban J connectivity index is 2.86. The fourth-order valence-corrected chi connectivity index (χ4v) is 1.94. The molecule has 0 radical (unpaired) electrons. The summed E-state index contributed by atoms with van der Waals surface area (Å²) in [4.78, 5) is 14.0. The second kappa shape index (κ2) is 6.79. The minimum atomic E-state index is -0.575. The van der Waals surface area contributed by atoms with Gasteiger partial charge in [0.15, 0.2) is 0 Å². The van der Waals surface area contributed by atoms with Crippen molar-refractivity contribution in [3.05, 3.63) is 23.8 Å². The molecule has 1 rings (SSSR count). The highest BCUT2D eigenvalue weighted by Crippen LogP contribution is 2.23. The summed E-state index contributed by atoms with van der Waals surface area (Å²) in [6, 6.07) is 7.80. The van der Waals surface area contributed by atoms with Crippen LogP contribution in [0.4, 0.5) is 11.4 Å². The van der Waals surface area contributed by atoms with Gasteiger partial charge in [-0.25, -0.2) is 0 Å². The van der Waals surface area contributed by atoms with E-state index in [9.17, 15) is 4.79 Å². The highest BCUT2D eigenvalue weighted by atomic mass is 16.1. The van der Waals surface area contributed by atoms with Crippen molar-refractivity contribution in [2.75, 3.05) is 24.3 Å². The number of rotatable bonds is 5. The Morgan fingerprint density at radius 2 is 2.16 bits per heavy atom. The van der Waals surface area contributed by atoms with Crippen molar-refractivity contribution in [2.45, 2.75) is 26.7 Å². The fourth-order valence-electron chi connectivity index (χ4n) is 1.94. The summed E-state index contributed by atoms with van der Waals surface area (Å²) in [5, 5.41) is 11.8. The molecule has 4 nitrogen and oxygen atoms in total. The molecule has 0 spiro atoms. The zero-order valence-electron chi connectivity index (χ0n) is 12.0. The Kier molecular flexibility index (Phi) is 5.37. The number of hydrogen-bond donors (Lipinski definition) is 1. The number of carbonyl (C=O) groups is 1. The fraction of sp³-hybridized carbons (Fsp3) is 0.467. The summed E-state index contributed by atoms with van der Waals surface area (Å²) in [5.74, 6) is -0.799. The Labute approximate surface area is 115 Å². The van der Waals surface area contributed by atoms with Crippen LogP contribution < -0.4 is 10.2 Å². The Bertz CT molecular complexity index is 489. The van der Waals surface area contributed by atoms with E-state index in [0.29, 0.717) is 6.42 Å². The van der Waals surface area contributed by atoms with Crippen molar-refractivity contribution in [1.29, 1.82) is 5.26 Å². The van der Waals surface area contributed by atoms with Gasteiger partial charge < -0.3 is 10.2 Å². The molecule has 1 aromatic rings. The van der Waals surface area contributed by atoms with Crippen LogP contribution in [-0.4, -0.2) is 20.0 Å². The maximum Gasteiger partial charge on any atom is 0.241 e. The summed E-state index contributed by atoms with van der Waals surface area (Å²) >= 11 is 0. The van der Waals surface area contributed by atoms with Crippen molar-refractivity contribution < 1.29 is 4.79 Å². The first-order chi connectivity index (χ1) is 8.99. The summed E-state index contributed by atoms with van der Waals surface area (Å²) < 4.78 is 0. The van der Waals surface area contributed by atoms with Gasteiger partial charge in [-0.15, -0.1) is 0 Å². The average molecular weight is 259 g/mol. The van der Waals surface area contributed by atoms with Gasteiger partial charge in [0, 0.05) is 25.5 Å². The van der Waals surface area contributed by atoms with Crippen LogP contribution in [0.1, 0.15) is 25.3 Å². The third kappa shape index (κ3) is 3.99. The third-order valence-electron chi connectivity index (χ3n) is 3.01. The summed E-state index contributed by atoms with van der Waals surface area (Å²) in [7, 11) is 3.92. The van der Waals surface area contributed by atoms with Crippen molar-refractivity contribution in [3.63, 3.8) is 0 Å². The van der Waals surface area contributed by atoms with Crippen LogP contribution in [0.15, 0.2) is 18.2 Å². The molecule has 0 saturated heterocycles. The van der Waals surface area contributed by atoms with Crippen molar-refractivity contribution in [3.8, 4) is 6.07 Å². The monoisotopic (exact) mass is 259 g/mol. The zero-order valence-corrected chi connectivity index (χ0v) is 12.0. The maximum atomic E-state index is 12.0. The Hall–Kier alpha value is -2.02. The minimum Gasteiger partial charge on any atom is -0.377 e. The Morgan fingerprint density at radius 3 is 2.68 bits per heavy atom. The number of hydrogen-bond acceptors (Lipinski definition) is 3. The second-order valence-corrected chi connectivity index (χ2v) is 4.86. The van der Waals surface area contributed by atoms with Crippen molar-refractivity contribution in [2.24, 2.45) is 5.92 Å². The molecule has 0 saturated carbocycles. The second-order valence-electron chi connectivity index (χ2n) is 4.86. The highest BCUT2D eigenvalue weighted by molar-refractivity contribution is 5.94. The molecule has 0 aliphatic heterocycles. The van der Waals surface area contributed by atoms with Gasteiger partial charge in [0.05, 0.1) is 6.07 Å².